The summed E-state index contributed by atoms with van der Waals surface area (Å²) in [6.07, 6.45) is 1.59. The van der Waals surface area contributed by atoms with Crippen LogP contribution in [0.3, 0.4) is 0 Å². The van der Waals surface area contributed by atoms with Gasteiger partial charge in [0.05, 0.1) is 4.90 Å². The smallest absolute Gasteiger partial charge is 0.355 e. The largest absolute Gasteiger partial charge is 0.451 e. The lowest BCUT2D eigenvalue weighted by Gasteiger charge is -2.34. The van der Waals surface area contributed by atoms with Gasteiger partial charge in [-0.2, -0.15) is 4.31 Å². The Hall–Kier alpha value is -2.65. The van der Waals surface area contributed by atoms with Crippen molar-refractivity contribution in [3.8, 4) is 0 Å². The second-order valence-corrected chi connectivity index (χ2v) is 8.63. The number of sulfonamides is 1. The molecule has 28 heavy (non-hydrogen) atoms. The van der Waals surface area contributed by atoms with E-state index in [0.717, 1.165) is 11.1 Å². The van der Waals surface area contributed by atoms with Crippen molar-refractivity contribution >= 4 is 21.9 Å². The van der Waals surface area contributed by atoms with E-state index in [2.05, 4.69) is 4.98 Å². The van der Waals surface area contributed by atoms with E-state index in [1.807, 2.05) is 13.8 Å². The minimum absolute atomic E-state index is 0.200. The highest BCUT2D eigenvalue weighted by molar-refractivity contribution is 7.89. The van der Waals surface area contributed by atoms with E-state index in [-0.39, 0.29) is 49.3 Å². The van der Waals surface area contributed by atoms with Crippen molar-refractivity contribution in [1.82, 2.24) is 14.2 Å². The van der Waals surface area contributed by atoms with Crippen molar-refractivity contribution in [2.24, 2.45) is 0 Å². The van der Waals surface area contributed by atoms with Gasteiger partial charge in [0.15, 0.2) is 6.61 Å². The number of hydrogen-bond acceptors (Lipinski definition) is 5. The third-order valence-electron chi connectivity index (χ3n) is 4.85. The minimum Gasteiger partial charge on any atom is -0.451 e. The molecule has 0 aliphatic carbocycles. The van der Waals surface area contributed by atoms with Gasteiger partial charge in [0.2, 0.25) is 10.0 Å². The van der Waals surface area contributed by atoms with Crippen LogP contribution in [0, 0.1) is 13.8 Å². The first-order valence-corrected chi connectivity index (χ1v) is 10.4. The number of piperazine rings is 1. The van der Waals surface area contributed by atoms with Crippen LogP contribution in [-0.4, -0.2) is 67.3 Å². The third kappa shape index (κ3) is 4.26. The average molecular weight is 405 g/mol. The van der Waals surface area contributed by atoms with Crippen molar-refractivity contribution in [2.45, 2.75) is 18.7 Å². The van der Waals surface area contributed by atoms with Crippen LogP contribution >= 0.6 is 0 Å². The summed E-state index contributed by atoms with van der Waals surface area (Å²) in [5.41, 5.74) is 2.22. The van der Waals surface area contributed by atoms with Crippen LogP contribution in [0.2, 0.25) is 0 Å². The molecule has 0 unspecified atom stereocenters. The van der Waals surface area contributed by atoms with Crippen LogP contribution in [0.5, 0.6) is 0 Å². The Morgan fingerprint density at radius 1 is 1.07 bits per heavy atom. The van der Waals surface area contributed by atoms with Crippen molar-refractivity contribution in [1.29, 1.82) is 0 Å². The average Bonchev–Trinajstić information content (AvgIpc) is 3.23. The molecule has 1 amide bonds. The molecule has 1 aliphatic heterocycles. The molecule has 1 aliphatic rings. The Kier molecular flexibility index (Phi) is 5.85. The fourth-order valence-corrected chi connectivity index (χ4v) is 4.46. The van der Waals surface area contributed by atoms with Gasteiger partial charge in [-0.05, 0) is 49.2 Å². The maximum absolute atomic E-state index is 12.8. The summed E-state index contributed by atoms with van der Waals surface area (Å²) in [5, 5.41) is 0. The van der Waals surface area contributed by atoms with Crippen molar-refractivity contribution in [3.05, 3.63) is 53.3 Å². The molecule has 150 valence electrons. The van der Waals surface area contributed by atoms with Gasteiger partial charge in [0, 0.05) is 32.4 Å². The summed E-state index contributed by atoms with van der Waals surface area (Å²) in [4.78, 5) is 28.5. The Labute approximate surface area is 164 Å². The number of amides is 1. The fourth-order valence-electron chi connectivity index (χ4n) is 2.95. The van der Waals surface area contributed by atoms with Crippen LogP contribution < -0.4 is 0 Å². The molecule has 2 aromatic rings. The molecule has 8 nitrogen and oxygen atoms in total. The lowest BCUT2D eigenvalue weighted by molar-refractivity contribution is -0.135. The number of rotatable bonds is 5. The number of nitrogens with one attached hydrogen (secondary N) is 1. The van der Waals surface area contributed by atoms with E-state index in [1.54, 1.807) is 36.5 Å². The first kappa shape index (κ1) is 20.1. The van der Waals surface area contributed by atoms with Crippen molar-refractivity contribution < 1.29 is 22.7 Å². The highest BCUT2D eigenvalue weighted by atomic mass is 32.2. The molecule has 9 heteroatoms. The van der Waals surface area contributed by atoms with Gasteiger partial charge < -0.3 is 14.6 Å². The van der Waals surface area contributed by atoms with E-state index < -0.39 is 16.0 Å². The molecule has 1 N–H and O–H groups in total. The Bertz CT molecular complexity index is 961. The lowest BCUT2D eigenvalue weighted by Crippen LogP contribution is -2.51. The maximum atomic E-state index is 12.8. The number of benzene rings is 1. The van der Waals surface area contributed by atoms with E-state index >= 15 is 0 Å². The molecule has 0 bridgehead atoms. The number of nitrogens with zero attached hydrogens (tertiary/aromatic N) is 2. The van der Waals surface area contributed by atoms with Gasteiger partial charge in [-0.15, -0.1) is 0 Å². The summed E-state index contributed by atoms with van der Waals surface area (Å²) in [6.45, 7) is 4.34. The Morgan fingerprint density at radius 3 is 2.39 bits per heavy atom. The van der Waals surface area contributed by atoms with E-state index in [9.17, 15) is 18.0 Å². The number of hydrogen-bond donors (Lipinski definition) is 1. The normalized spacial score (nSPS) is 15.4. The SMILES string of the molecule is Cc1ccc(S(=O)(=O)N2CCN(C(=O)COC(=O)c3ccc[nH]3)CC2)cc1C. The lowest BCUT2D eigenvalue weighted by atomic mass is 10.1. The molecule has 0 saturated carbocycles. The first-order chi connectivity index (χ1) is 13.3. The molecule has 1 aromatic heterocycles. The number of aryl methyl sites for hydroxylation is 2. The molecule has 0 atom stereocenters. The van der Waals surface area contributed by atoms with E-state index in [4.69, 9.17) is 4.74 Å². The van der Waals surface area contributed by atoms with Gasteiger partial charge in [0.1, 0.15) is 5.69 Å². The second kappa shape index (κ2) is 8.15. The van der Waals surface area contributed by atoms with E-state index in [0.29, 0.717) is 0 Å². The number of aromatic amines is 1. The predicted octanol–water partition coefficient (Wildman–Crippen LogP) is 1.32. The number of aromatic nitrogens is 1. The first-order valence-electron chi connectivity index (χ1n) is 8.95. The molecule has 2 heterocycles. The van der Waals surface area contributed by atoms with Gasteiger partial charge in [-0.1, -0.05) is 6.07 Å². The highest BCUT2D eigenvalue weighted by Gasteiger charge is 2.30. The zero-order chi connectivity index (χ0) is 20.3. The molecule has 3 rings (SSSR count). The van der Waals surface area contributed by atoms with Crippen molar-refractivity contribution in [3.63, 3.8) is 0 Å². The summed E-state index contributed by atoms with van der Waals surface area (Å²) >= 11 is 0. The third-order valence-corrected chi connectivity index (χ3v) is 6.75. The Morgan fingerprint density at radius 2 is 1.79 bits per heavy atom. The number of carbonyl (C=O) groups is 2. The van der Waals surface area contributed by atoms with Crippen LogP contribution in [0.1, 0.15) is 21.6 Å². The standard InChI is InChI=1S/C19H23N3O5S/c1-14-5-6-16(12-15(14)2)28(25,26)22-10-8-21(9-11-22)18(23)13-27-19(24)17-4-3-7-20-17/h3-7,12,20H,8-11,13H2,1-2H3. The maximum Gasteiger partial charge on any atom is 0.355 e. The summed E-state index contributed by atoms with van der Waals surface area (Å²) < 4.78 is 32.0. The summed E-state index contributed by atoms with van der Waals surface area (Å²) in [5.74, 6) is -0.947. The number of carbonyl (C=O) groups excluding carboxylic acids is 2. The fraction of sp³-hybridized carbons (Fsp3) is 0.368. The van der Waals surface area contributed by atoms with Crippen LogP contribution in [0.4, 0.5) is 0 Å². The second-order valence-electron chi connectivity index (χ2n) is 6.69. The monoisotopic (exact) mass is 405 g/mol. The number of esters is 1. The van der Waals surface area contributed by atoms with Gasteiger partial charge in [0.25, 0.3) is 5.91 Å². The summed E-state index contributed by atoms with van der Waals surface area (Å²) in [7, 11) is -3.60. The van der Waals surface area contributed by atoms with Gasteiger partial charge in [-0.3, -0.25) is 4.79 Å². The zero-order valence-electron chi connectivity index (χ0n) is 15.8. The minimum atomic E-state index is -3.60. The van der Waals surface area contributed by atoms with Crippen LogP contribution in [0.25, 0.3) is 0 Å². The molecule has 1 aromatic carbocycles. The molecule has 0 spiro atoms. The van der Waals surface area contributed by atoms with Crippen LogP contribution in [0.15, 0.2) is 41.4 Å². The zero-order valence-corrected chi connectivity index (χ0v) is 16.7. The van der Waals surface area contributed by atoms with Crippen molar-refractivity contribution in [2.75, 3.05) is 32.8 Å². The molecule has 1 fully saturated rings. The predicted molar refractivity (Wildman–Crippen MR) is 102 cm³/mol. The molecular weight excluding hydrogens is 382 g/mol. The highest BCUT2D eigenvalue weighted by Crippen LogP contribution is 2.20. The molecule has 0 radical (unpaired) electrons. The quantitative estimate of drug-likeness (QED) is 0.757. The Balaban J connectivity index is 1.55. The molecular formula is C19H23N3O5S. The topological polar surface area (TPSA) is 99.8 Å². The van der Waals surface area contributed by atoms with Gasteiger partial charge >= 0.3 is 5.97 Å². The number of ether oxygens (including phenoxy) is 1. The van der Waals surface area contributed by atoms with E-state index in [1.165, 1.54) is 9.21 Å². The number of H-pyrrole nitrogens is 1. The van der Waals surface area contributed by atoms with Crippen LogP contribution in [-0.2, 0) is 19.6 Å². The summed E-state index contributed by atoms with van der Waals surface area (Å²) in [6, 6.07) is 8.29. The van der Waals surface area contributed by atoms with Gasteiger partial charge in [-0.25, -0.2) is 13.2 Å². The molecule has 1 saturated heterocycles.